The summed E-state index contributed by atoms with van der Waals surface area (Å²) in [7, 11) is -3.79. The molecule has 1 amide bonds. The van der Waals surface area contributed by atoms with Gasteiger partial charge in [0.1, 0.15) is 11.9 Å². The van der Waals surface area contributed by atoms with E-state index in [1.54, 1.807) is 25.1 Å². The molecule has 2 atom stereocenters. The molecule has 1 heterocycles. The van der Waals surface area contributed by atoms with Crippen LogP contribution in [-0.4, -0.2) is 39.7 Å². The van der Waals surface area contributed by atoms with Gasteiger partial charge in [0.25, 0.3) is 0 Å². The lowest BCUT2D eigenvalue weighted by molar-refractivity contribution is -0.135. The van der Waals surface area contributed by atoms with Crippen molar-refractivity contribution in [2.45, 2.75) is 56.4 Å². The summed E-state index contributed by atoms with van der Waals surface area (Å²) in [6.07, 6.45) is 2.48. The smallest absolute Gasteiger partial charge is 0.249 e. The minimum absolute atomic E-state index is 0.0272. The fraction of sp³-hybridized carbons (Fsp3) is 0.435. The third-order valence-electron chi connectivity index (χ3n) is 5.21. The predicted molar refractivity (Wildman–Crippen MR) is 118 cm³/mol. The number of ether oxygens (including phenoxy) is 2. The Morgan fingerprint density at radius 2 is 1.91 bits per heavy atom. The maximum atomic E-state index is 13.3. The van der Waals surface area contributed by atoms with Crippen LogP contribution in [0.3, 0.4) is 0 Å². The lowest BCUT2D eigenvalue weighted by Gasteiger charge is -2.23. The third kappa shape index (κ3) is 7.37. The lowest BCUT2D eigenvalue weighted by Crippen LogP contribution is -2.36. The summed E-state index contributed by atoms with van der Waals surface area (Å²) in [6.45, 7) is 2.92. The standard InChI is InChI=1S/C23H29FN2O5S/c1-17(31-16-21-9-2-3-11-30-21)23(27)25-14-19-7-5-10-22(13-19)32(28,29)26-15-18-6-4-8-20(24)12-18/h4-8,10,12-13,17,21,26H,2-3,9,11,14-16H2,1H3,(H,25,27). The average molecular weight is 465 g/mol. The highest BCUT2D eigenvalue weighted by atomic mass is 32.2. The van der Waals surface area contributed by atoms with Crippen molar-refractivity contribution in [1.82, 2.24) is 10.0 Å². The highest BCUT2D eigenvalue weighted by Gasteiger charge is 2.19. The molecule has 0 radical (unpaired) electrons. The highest BCUT2D eigenvalue weighted by Crippen LogP contribution is 2.14. The highest BCUT2D eigenvalue weighted by molar-refractivity contribution is 7.89. The van der Waals surface area contributed by atoms with E-state index in [4.69, 9.17) is 9.47 Å². The van der Waals surface area contributed by atoms with Crippen molar-refractivity contribution in [1.29, 1.82) is 0 Å². The Morgan fingerprint density at radius 1 is 1.16 bits per heavy atom. The van der Waals surface area contributed by atoms with Crippen LogP contribution in [0.2, 0.25) is 0 Å². The van der Waals surface area contributed by atoms with Gasteiger partial charge in [-0.05, 0) is 61.6 Å². The van der Waals surface area contributed by atoms with Gasteiger partial charge in [-0.1, -0.05) is 24.3 Å². The third-order valence-corrected chi connectivity index (χ3v) is 6.61. The second kappa shape index (κ2) is 11.5. The van der Waals surface area contributed by atoms with Crippen molar-refractivity contribution in [3.05, 3.63) is 65.5 Å². The van der Waals surface area contributed by atoms with Gasteiger partial charge in [-0.15, -0.1) is 0 Å². The van der Waals surface area contributed by atoms with Crippen LogP contribution in [0.5, 0.6) is 0 Å². The maximum Gasteiger partial charge on any atom is 0.249 e. The maximum absolute atomic E-state index is 13.3. The summed E-state index contributed by atoms with van der Waals surface area (Å²) in [5.41, 5.74) is 1.15. The Kier molecular flexibility index (Phi) is 8.75. The van der Waals surface area contributed by atoms with Crippen LogP contribution >= 0.6 is 0 Å². The number of hydrogen-bond donors (Lipinski definition) is 2. The molecule has 1 aliphatic heterocycles. The first-order valence-electron chi connectivity index (χ1n) is 10.7. The van der Waals surface area contributed by atoms with E-state index in [2.05, 4.69) is 10.0 Å². The first-order chi connectivity index (χ1) is 15.3. The second-order valence-electron chi connectivity index (χ2n) is 7.78. The van der Waals surface area contributed by atoms with E-state index in [9.17, 15) is 17.6 Å². The van der Waals surface area contributed by atoms with Crippen molar-refractivity contribution in [3.8, 4) is 0 Å². The molecule has 3 rings (SSSR count). The van der Waals surface area contributed by atoms with Gasteiger partial charge in [-0.2, -0.15) is 0 Å². The zero-order valence-corrected chi connectivity index (χ0v) is 18.9. The van der Waals surface area contributed by atoms with Gasteiger partial charge in [0, 0.05) is 19.7 Å². The Bertz CT molecular complexity index is 1010. The van der Waals surface area contributed by atoms with Crippen molar-refractivity contribution in [3.63, 3.8) is 0 Å². The van der Waals surface area contributed by atoms with Crippen LogP contribution in [0.4, 0.5) is 4.39 Å². The van der Waals surface area contributed by atoms with Crippen LogP contribution in [0.1, 0.15) is 37.3 Å². The normalized spacial score (nSPS) is 17.6. The number of nitrogens with one attached hydrogen (secondary N) is 2. The van der Waals surface area contributed by atoms with E-state index in [1.807, 2.05) is 0 Å². The zero-order chi connectivity index (χ0) is 23.0. The van der Waals surface area contributed by atoms with Gasteiger partial charge < -0.3 is 14.8 Å². The molecule has 32 heavy (non-hydrogen) atoms. The average Bonchev–Trinajstić information content (AvgIpc) is 2.80. The number of halogens is 1. The zero-order valence-electron chi connectivity index (χ0n) is 18.1. The summed E-state index contributed by atoms with van der Waals surface area (Å²) in [5.74, 6) is -0.706. The van der Waals surface area contributed by atoms with Gasteiger partial charge in [0.05, 0.1) is 17.6 Å². The Labute approximate surface area is 188 Å². The van der Waals surface area contributed by atoms with Crippen molar-refractivity contribution >= 4 is 15.9 Å². The molecule has 0 aliphatic carbocycles. The van der Waals surface area contributed by atoms with E-state index in [0.717, 1.165) is 25.9 Å². The Morgan fingerprint density at radius 3 is 2.62 bits per heavy atom. The monoisotopic (exact) mass is 464 g/mol. The number of sulfonamides is 1. The predicted octanol–water partition coefficient (Wildman–Crippen LogP) is 2.89. The molecule has 1 saturated heterocycles. The van der Waals surface area contributed by atoms with Gasteiger partial charge in [0.15, 0.2) is 0 Å². The first-order valence-corrected chi connectivity index (χ1v) is 12.2. The van der Waals surface area contributed by atoms with E-state index < -0.39 is 21.9 Å². The summed E-state index contributed by atoms with van der Waals surface area (Å²) in [5, 5.41) is 2.77. The molecule has 2 unspecified atom stereocenters. The van der Waals surface area contributed by atoms with Gasteiger partial charge in [-0.25, -0.2) is 17.5 Å². The quantitative estimate of drug-likeness (QED) is 0.564. The van der Waals surface area contributed by atoms with Crippen molar-refractivity contribution in [2.24, 2.45) is 0 Å². The Balaban J connectivity index is 1.50. The van der Waals surface area contributed by atoms with Gasteiger partial charge in [0.2, 0.25) is 15.9 Å². The number of hydrogen-bond acceptors (Lipinski definition) is 5. The van der Waals surface area contributed by atoms with E-state index >= 15 is 0 Å². The molecule has 0 saturated carbocycles. The molecule has 2 aromatic carbocycles. The van der Waals surface area contributed by atoms with E-state index in [1.165, 1.54) is 30.3 Å². The number of carbonyl (C=O) groups excluding carboxylic acids is 1. The summed E-state index contributed by atoms with van der Waals surface area (Å²) in [4.78, 5) is 12.4. The molecule has 0 bridgehead atoms. The minimum atomic E-state index is -3.79. The number of benzene rings is 2. The molecule has 2 N–H and O–H groups in total. The summed E-state index contributed by atoms with van der Waals surface area (Å²) in [6, 6.07) is 12.0. The molecule has 1 aliphatic rings. The topological polar surface area (TPSA) is 93.7 Å². The van der Waals surface area contributed by atoms with Crippen LogP contribution in [-0.2, 0) is 37.4 Å². The molecule has 7 nitrogen and oxygen atoms in total. The summed E-state index contributed by atoms with van der Waals surface area (Å²) >= 11 is 0. The molecule has 0 aromatic heterocycles. The molecule has 9 heteroatoms. The number of amides is 1. The fourth-order valence-electron chi connectivity index (χ4n) is 3.33. The van der Waals surface area contributed by atoms with Crippen LogP contribution in [0.15, 0.2) is 53.4 Å². The SMILES string of the molecule is CC(OCC1CCCCO1)C(=O)NCc1cccc(S(=O)(=O)NCc2cccc(F)c2)c1. The van der Waals surface area contributed by atoms with Gasteiger partial charge >= 0.3 is 0 Å². The second-order valence-corrected chi connectivity index (χ2v) is 9.55. The van der Waals surface area contributed by atoms with Crippen molar-refractivity contribution in [2.75, 3.05) is 13.2 Å². The molecule has 2 aromatic rings. The lowest BCUT2D eigenvalue weighted by atomic mass is 10.1. The Hall–Kier alpha value is -2.33. The van der Waals surface area contributed by atoms with Crippen LogP contribution in [0.25, 0.3) is 0 Å². The molecular weight excluding hydrogens is 435 g/mol. The van der Waals surface area contributed by atoms with E-state index in [-0.39, 0.29) is 30.0 Å². The number of carbonyl (C=O) groups is 1. The molecular formula is C23H29FN2O5S. The molecule has 1 fully saturated rings. The molecule has 174 valence electrons. The summed E-state index contributed by atoms with van der Waals surface area (Å²) < 4.78 is 52.2. The molecule has 0 spiro atoms. The van der Waals surface area contributed by atoms with Crippen LogP contribution < -0.4 is 10.0 Å². The largest absolute Gasteiger partial charge is 0.376 e. The van der Waals surface area contributed by atoms with Crippen LogP contribution in [0, 0.1) is 5.82 Å². The van der Waals surface area contributed by atoms with Gasteiger partial charge in [-0.3, -0.25) is 4.79 Å². The fourth-order valence-corrected chi connectivity index (χ4v) is 4.42. The van der Waals surface area contributed by atoms with E-state index in [0.29, 0.717) is 17.7 Å². The number of rotatable bonds is 10. The minimum Gasteiger partial charge on any atom is -0.376 e. The van der Waals surface area contributed by atoms with Crippen molar-refractivity contribution < 1.29 is 27.1 Å². The first kappa shape index (κ1) is 24.3.